The van der Waals surface area contributed by atoms with Crippen LogP contribution in [0.25, 0.3) is 5.69 Å². The van der Waals surface area contributed by atoms with Crippen molar-refractivity contribution in [1.82, 2.24) is 25.0 Å². The van der Waals surface area contributed by atoms with Crippen LogP contribution in [0.1, 0.15) is 43.0 Å². The van der Waals surface area contributed by atoms with Gasteiger partial charge in [-0.2, -0.15) is 0 Å². The van der Waals surface area contributed by atoms with Crippen molar-refractivity contribution in [1.29, 1.82) is 0 Å². The molecule has 4 rings (SSSR count). The van der Waals surface area contributed by atoms with E-state index in [0.29, 0.717) is 23.9 Å². The lowest BCUT2D eigenvalue weighted by Crippen LogP contribution is -2.43. The fourth-order valence-corrected chi connectivity index (χ4v) is 3.78. The van der Waals surface area contributed by atoms with Crippen molar-refractivity contribution in [3.05, 3.63) is 42.1 Å². The maximum absolute atomic E-state index is 14.8. The van der Waals surface area contributed by atoms with E-state index in [1.54, 1.807) is 12.3 Å². The van der Waals surface area contributed by atoms with Crippen molar-refractivity contribution in [3.63, 3.8) is 0 Å². The summed E-state index contributed by atoms with van der Waals surface area (Å²) in [6, 6.07) is 2.55. The number of halogens is 1. The van der Waals surface area contributed by atoms with E-state index < -0.39 is 11.7 Å². The molecule has 1 aliphatic rings. The molecule has 1 saturated carbocycles. The molecule has 0 spiro atoms. The maximum atomic E-state index is 14.8. The lowest BCUT2D eigenvalue weighted by molar-refractivity contribution is 0.100. The maximum Gasteiger partial charge on any atom is 0.252 e. The molecule has 33 heavy (non-hydrogen) atoms. The fourth-order valence-electron chi connectivity index (χ4n) is 3.78. The summed E-state index contributed by atoms with van der Waals surface area (Å²) in [5.41, 5.74) is 12.6. The third kappa shape index (κ3) is 5.00. The van der Waals surface area contributed by atoms with Crippen LogP contribution in [0.15, 0.2) is 30.7 Å². The Bertz CT molecular complexity index is 1120. The van der Waals surface area contributed by atoms with Gasteiger partial charge in [-0.25, -0.2) is 19.0 Å². The SMILES string of the molecule is CCOc1ncc(Nc2nc(N[C@@H]3CCCC[C@@H]3N)c(F)cc2C(N)=O)cc1-n1ccnn1. The number of aromatic nitrogens is 5. The molecule has 3 aromatic rings. The molecule has 3 heterocycles. The highest BCUT2D eigenvalue weighted by molar-refractivity contribution is 5.98. The third-order valence-electron chi connectivity index (χ3n) is 5.43. The minimum absolute atomic E-state index is 0.000227. The van der Waals surface area contributed by atoms with Crippen molar-refractivity contribution < 1.29 is 13.9 Å². The Labute approximate surface area is 189 Å². The van der Waals surface area contributed by atoms with E-state index >= 15 is 0 Å². The second-order valence-electron chi connectivity index (χ2n) is 7.73. The highest BCUT2D eigenvalue weighted by atomic mass is 19.1. The molecule has 0 radical (unpaired) electrons. The van der Waals surface area contributed by atoms with E-state index in [-0.39, 0.29) is 29.3 Å². The molecule has 1 amide bonds. The fraction of sp³-hybridized carbons (Fsp3) is 0.381. The molecule has 0 bridgehead atoms. The second-order valence-corrected chi connectivity index (χ2v) is 7.73. The van der Waals surface area contributed by atoms with Crippen LogP contribution < -0.4 is 26.8 Å². The minimum atomic E-state index is -0.819. The van der Waals surface area contributed by atoms with Crippen LogP contribution in [0.5, 0.6) is 5.88 Å². The number of amides is 1. The van der Waals surface area contributed by atoms with E-state index in [0.717, 1.165) is 31.7 Å². The zero-order valence-electron chi connectivity index (χ0n) is 18.2. The van der Waals surface area contributed by atoms with Gasteiger partial charge in [0.05, 0.1) is 36.4 Å². The van der Waals surface area contributed by atoms with Gasteiger partial charge < -0.3 is 26.8 Å². The van der Waals surface area contributed by atoms with E-state index in [2.05, 4.69) is 30.9 Å². The number of primary amides is 1. The zero-order valence-corrected chi connectivity index (χ0v) is 18.2. The number of carbonyl (C=O) groups is 1. The number of hydrogen-bond donors (Lipinski definition) is 4. The van der Waals surface area contributed by atoms with Crippen LogP contribution in [0.3, 0.4) is 0 Å². The van der Waals surface area contributed by atoms with Crippen molar-refractivity contribution in [2.75, 3.05) is 17.2 Å². The molecule has 3 aromatic heterocycles. The monoisotopic (exact) mass is 455 g/mol. The number of pyridine rings is 2. The molecule has 1 aliphatic carbocycles. The van der Waals surface area contributed by atoms with Gasteiger partial charge in [-0.1, -0.05) is 18.1 Å². The van der Waals surface area contributed by atoms with E-state index in [1.165, 1.54) is 17.1 Å². The Morgan fingerprint density at radius 2 is 2.12 bits per heavy atom. The van der Waals surface area contributed by atoms with Crippen LogP contribution >= 0.6 is 0 Å². The van der Waals surface area contributed by atoms with Gasteiger partial charge in [0.2, 0.25) is 5.88 Å². The average Bonchev–Trinajstić information content (AvgIpc) is 3.33. The van der Waals surface area contributed by atoms with Gasteiger partial charge in [0.15, 0.2) is 11.6 Å². The van der Waals surface area contributed by atoms with Crippen LogP contribution in [-0.2, 0) is 0 Å². The van der Waals surface area contributed by atoms with Crippen LogP contribution in [-0.4, -0.2) is 49.6 Å². The number of rotatable bonds is 8. The highest BCUT2D eigenvalue weighted by Gasteiger charge is 2.24. The third-order valence-corrected chi connectivity index (χ3v) is 5.43. The number of anilines is 3. The van der Waals surface area contributed by atoms with Gasteiger partial charge in [0.25, 0.3) is 5.91 Å². The van der Waals surface area contributed by atoms with Gasteiger partial charge >= 0.3 is 0 Å². The smallest absolute Gasteiger partial charge is 0.252 e. The topological polar surface area (TPSA) is 159 Å². The molecule has 0 aliphatic heterocycles. The second kappa shape index (κ2) is 9.77. The van der Waals surface area contributed by atoms with Crippen LogP contribution in [0, 0.1) is 5.82 Å². The first-order valence-electron chi connectivity index (χ1n) is 10.7. The van der Waals surface area contributed by atoms with Gasteiger partial charge in [-0.05, 0) is 31.9 Å². The first-order valence-corrected chi connectivity index (χ1v) is 10.7. The molecule has 0 aromatic carbocycles. The molecule has 2 atom stereocenters. The first-order chi connectivity index (χ1) is 16.0. The number of ether oxygens (including phenoxy) is 1. The number of carbonyl (C=O) groups excluding carboxylic acids is 1. The Kier molecular flexibility index (Phi) is 6.63. The summed E-state index contributed by atoms with van der Waals surface area (Å²) in [4.78, 5) is 20.6. The number of hydrogen-bond acceptors (Lipinski definition) is 9. The summed E-state index contributed by atoms with van der Waals surface area (Å²) in [6.45, 7) is 2.25. The van der Waals surface area contributed by atoms with Gasteiger partial charge in [0, 0.05) is 12.1 Å². The van der Waals surface area contributed by atoms with Crippen molar-refractivity contribution in [3.8, 4) is 11.6 Å². The van der Waals surface area contributed by atoms with Gasteiger partial charge in [0.1, 0.15) is 11.5 Å². The van der Waals surface area contributed by atoms with Gasteiger partial charge in [-0.15, -0.1) is 5.10 Å². The van der Waals surface area contributed by atoms with E-state index in [9.17, 15) is 9.18 Å². The van der Waals surface area contributed by atoms with E-state index in [1.807, 2.05) is 6.92 Å². The van der Waals surface area contributed by atoms with Gasteiger partial charge in [-0.3, -0.25) is 4.79 Å². The Morgan fingerprint density at radius 1 is 1.30 bits per heavy atom. The van der Waals surface area contributed by atoms with Crippen LogP contribution in [0.2, 0.25) is 0 Å². The lowest BCUT2D eigenvalue weighted by Gasteiger charge is -2.30. The van der Waals surface area contributed by atoms with Crippen molar-refractivity contribution in [2.45, 2.75) is 44.7 Å². The summed E-state index contributed by atoms with van der Waals surface area (Å²) >= 11 is 0. The molecule has 12 heteroatoms. The van der Waals surface area contributed by atoms with Crippen molar-refractivity contribution >= 4 is 23.2 Å². The molecule has 174 valence electrons. The molecule has 0 unspecified atom stereocenters. The summed E-state index contributed by atoms with van der Waals surface area (Å²) in [5.74, 6) is -1.06. The lowest BCUT2D eigenvalue weighted by atomic mass is 9.91. The largest absolute Gasteiger partial charge is 0.476 e. The molecular formula is C21H26FN9O2. The first kappa shape index (κ1) is 22.4. The molecule has 6 N–H and O–H groups in total. The predicted molar refractivity (Wildman–Crippen MR) is 120 cm³/mol. The number of nitrogens with two attached hydrogens (primary N) is 2. The summed E-state index contributed by atoms with van der Waals surface area (Å²) < 4.78 is 21.8. The van der Waals surface area contributed by atoms with E-state index in [4.69, 9.17) is 16.2 Å². The predicted octanol–water partition coefficient (Wildman–Crippen LogP) is 2.12. The molecule has 11 nitrogen and oxygen atoms in total. The standard InChI is InChI=1S/C21H26FN9O2/c1-2-33-21-17(31-8-7-26-30-31)9-12(11-25-21)27-19-13(18(24)32)10-14(22)20(29-19)28-16-6-4-3-5-15(16)23/h7-11,15-16H,2-6,23H2,1H3,(H2,24,32)(H2,27,28,29)/t15-,16+/m0/s1. The molecular weight excluding hydrogens is 429 g/mol. The average molecular weight is 455 g/mol. The number of nitrogens with one attached hydrogen (secondary N) is 2. The summed E-state index contributed by atoms with van der Waals surface area (Å²) in [5, 5.41) is 13.9. The molecule has 0 saturated heterocycles. The summed E-state index contributed by atoms with van der Waals surface area (Å²) in [6.07, 6.45) is 8.38. The normalized spacial score (nSPS) is 18.0. The summed E-state index contributed by atoms with van der Waals surface area (Å²) in [7, 11) is 0. The highest BCUT2D eigenvalue weighted by Crippen LogP contribution is 2.29. The zero-order chi connectivity index (χ0) is 23.4. The Morgan fingerprint density at radius 3 is 2.82 bits per heavy atom. The quantitative estimate of drug-likeness (QED) is 0.399. The number of nitrogens with zero attached hydrogens (tertiary/aromatic N) is 5. The molecule has 1 fully saturated rings. The Hall–Kier alpha value is -3.80. The minimum Gasteiger partial charge on any atom is -0.476 e. The Balaban J connectivity index is 1.68. The van der Waals surface area contributed by atoms with Crippen LogP contribution in [0.4, 0.5) is 21.7 Å². The van der Waals surface area contributed by atoms with Crippen molar-refractivity contribution in [2.24, 2.45) is 11.5 Å².